The number of rotatable bonds is 5. The number of ether oxygens (including phenoxy) is 1. The zero-order valence-corrected chi connectivity index (χ0v) is 17.4. The van der Waals surface area contributed by atoms with Crippen molar-refractivity contribution in [3.8, 4) is 0 Å². The highest BCUT2D eigenvalue weighted by atomic mass is 16.5. The lowest BCUT2D eigenvalue weighted by molar-refractivity contribution is 0.0694. The molecule has 1 aliphatic heterocycles. The van der Waals surface area contributed by atoms with Gasteiger partial charge in [-0.2, -0.15) is 0 Å². The van der Waals surface area contributed by atoms with Gasteiger partial charge >= 0.3 is 0 Å². The summed E-state index contributed by atoms with van der Waals surface area (Å²) in [6.07, 6.45) is 4.23. The number of likely N-dealkylation sites (tertiary alicyclic amines) is 1. The van der Waals surface area contributed by atoms with Gasteiger partial charge in [0.25, 0.3) is 11.5 Å². The molecule has 158 valence electrons. The normalized spacial score (nSPS) is 15.2. The number of methoxy groups -OCH3 is 1. The van der Waals surface area contributed by atoms with Crippen molar-refractivity contribution in [2.24, 2.45) is 5.92 Å². The van der Waals surface area contributed by atoms with E-state index in [1.54, 1.807) is 41.0 Å². The van der Waals surface area contributed by atoms with E-state index in [1.165, 1.54) is 4.40 Å². The Morgan fingerprint density at radius 1 is 1.30 bits per heavy atom. The van der Waals surface area contributed by atoms with Gasteiger partial charge in [0.1, 0.15) is 16.8 Å². The molecule has 1 N–H and O–H groups in total. The summed E-state index contributed by atoms with van der Waals surface area (Å²) in [5.41, 5.74) is 1.05. The minimum absolute atomic E-state index is 0.0920. The molecular formula is C22H27N5O3. The third-order valence-electron chi connectivity index (χ3n) is 5.85. The van der Waals surface area contributed by atoms with E-state index in [4.69, 9.17) is 10.1 Å². The average Bonchev–Trinajstić information content (AvgIpc) is 2.76. The number of hydrogen-bond donors (Lipinski definition) is 1. The van der Waals surface area contributed by atoms with Gasteiger partial charge in [-0.3, -0.25) is 19.4 Å². The molecule has 3 aromatic rings. The molecule has 1 amide bonds. The van der Waals surface area contributed by atoms with Gasteiger partial charge in [0, 0.05) is 39.5 Å². The molecule has 0 bridgehead atoms. The summed E-state index contributed by atoms with van der Waals surface area (Å²) in [6, 6.07) is 6.91. The molecule has 4 heterocycles. The largest absolute Gasteiger partial charge is 0.385 e. The summed E-state index contributed by atoms with van der Waals surface area (Å²) in [5.74, 6) is 0.409. The number of carbonyl (C=O) groups excluding carboxylic acids is 1. The number of carbonyl (C=O) groups is 1. The smallest absolute Gasteiger partial charge is 0.267 e. The van der Waals surface area contributed by atoms with Crippen LogP contribution in [0.5, 0.6) is 0 Å². The first-order valence-electron chi connectivity index (χ1n) is 10.4. The number of hydrogen-bond acceptors (Lipinski definition) is 5. The Balaban J connectivity index is 1.90. The SMILES string of the molecule is COCCCn1c(=N)c(C(=O)N2CCC(C)CC2)cc2c(=O)n3ccccc3nc21. The highest BCUT2D eigenvalue weighted by Crippen LogP contribution is 2.18. The molecule has 1 aliphatic rings. The quantitative estimate of drug-likeness (QED) is 0.516. The number of pyridine rings is 2. The van der Waals surface area contributed by atoms with E-state index in [2.05, 4.69) is 11.9 Å². The lowest BCUT2D eigenvalue weighted by atomic mass is 9.98. The summed E-state index contributed by atoms with van der Waals surface area (Å²) in [5, 5.41) is 9.11. The van der Waals surface area contributed by atoms with Gasteiger partial charge in [-0.05, 0) is 43.4 Å². The van der Waals surface area contributed by atoms with Gasteiger partial charge in [-0.15, -0.1) is 0 Å². The molecule has 0 aliphatic carbocycles. The summed E-state index contributed by atoms with van der Waals surface area (Å²) in [4.78, 5) is 32.9. The molecule has 0 saturated carbocycles. The maximum atomic E-state index is 13.3. The Kier molecular flexibility index (Phi) is 5.67. The number of aryl methyl sites for hydroxylation is 1. The molecule has 8 nitrogen and oxygen atoms in total. The summed E-state index contributed by atoms with van der Waals surface area (Å²) in [7, 11) is 1.62. The van der Waals surface area contributed by atoms with Gasteiger partial charge < -0.3 is 14.2 Å². The summed E-state index contributed by atoms with van der Waals surface area (Å²) >= 11 is 0. The van der Waals surface area contributed by atoms with E-state index in [1.807, 2.05) is 6.07 Å². The molecule has 0 spiro atoms. The minimum atomic E-state index is -0.239. The molecule has 1 saturated heterocycles. The Labute approximate surface area is 174 Å². The van der Waals surface area contributed by atoms with E-state index < -0.39 is 0 Å². The van der Waals surface area contributed by atoms with Gasteiger partial charge in [0.2, 0.25) is 0 Å². The molecule has 1 fully saturated rings. The lowest BCUT2D eigenvalue weighted by Crippen LogP contribution is -2.41. The molecular weight excluding hydrogens is 382 g/mol. The fraction of sp³-hybridized carbons (Fsp3) is 0.455. The van der Waals surface area contributed by atoms with Crippen LogP contribution >= 0.6 is 0 Å². The monoisotopic (exact) mass is 409 g/mol. The second-order valence-corrected chi connectivity index (χ2v) is 7.96. The van der Waals surface area contributed by atoms with E-state index in [-0.39, 0.29) is 22.5 Å². The van der Waals surface area contributed by atoms with Crippen molar-refractivity contribution in [1.29, 1.82) is 5.41 Å². The molecule has 0 unspecified atom stereocenters. The number of aromatic nitrogens is 3. The van der Waals surface area contributed by atoms with Crippen LogP contribution in [0.2, 0.25) is 0 Å². The van der Waals surface area contributed by atoms with Gasteiger partial charge in [-0.25, -0.2) is 4.98 Å². The Hall–Kier alpha value is -3.00. The second-order valence-electron chi connectivity index (χ2n) is 7.96. The van der Waals surface area contributed by atoms with E-state index in [9.17, 15) is 9.59 Å². The van der Waals surface area contributed by atoms with E-state index in [0.29, 0.717) is 55.3 Å². The van der Waals surface area contributed by atoms with Crippen LogP contribution < -0.4 is 11.0 Å². The first-order valence-corrected chi connectivity index (χ1v) is 10.4. The predicted octanol–water partition coefficient (Wildman–Crippen LogP) is 2.04. The van der Waals surface area contributed by atoms with Gasteiger partial charge in [0.15, 0.2) is 0 Å². The van der Waals surface area contributed by atoms with E-state index >= 15 is 0 Å². The van der Waals surface area contributed by atoms with Crippen molar-refractivity contribution in [1.82, 2.24) is 18.9 Å². The zero-order valence-electron chi connectivity index (χ0n) is 17.4. The van der Waals surface area contributed by atoms with Crippen molar-refractivity contribution in [3.05, 3.63) is 51.9 Å². The van der Waals surface area contributed by atoms with Crippen LogP contribution in [0.25, 0.3) is 16.7 Å². The van der Waals surface area contributed by atoms with Gasteiger partial charge in [-0.1, -0.05) is 13.0 Å². The molecule has 3 aromatic heterocycles. The fourth-order valence-corrected chi connectivity index (χ4v) is 4.02. The maximum Gasteiger partial charge on any atom is 0.267 e. The standard InChI is InChI=1S/C22H27N5O3/c1-15-7-11-25(12-8-15)21(28)16-14-17-20(27(19(16)23)10-5-13-30-2)24-18-6-3-4-9-26(18)22(17)29/h3-4,6,9,14-15,23H,5,7-8,10-13H2,1-2H3. The fourth-order valence-electron chi connectivity index (χ4n) is 4.02. The Bertz CT molecular complexity index is 1210. The number of nitrogens with zero attached hydrogens (tertiary/aromatic N) is 4. The molecule has 8 heteroatoms. The highest BCUT2D eigenvalue weighted by molar-refractivity contribution is 5.96. The Morgan fingerprint density at radius 2 is 2.07 bits per heavy atom. The van der Waals surface area contributed by atoms with Crippen LogP contribution in [0.15, 0.2) is 35.3 Å². The predicted molar refractivity (Wildman–Crippen MR) is 114 cm³/mol. The minimum Gasteiger partial charge on any atom is -0.385 e. The Morgan fingerprint density at radius 3 is 2.80 bits per heavy atom. The van der Waals surface area contributed by atoms with Gasteiger partial charge in [0.05, 0.1) is 10.9 Å². The van der Waals surface area contributed by atoms with Crippen molar-refractivity contribution in [3.63, 3.8) is 0 Å². The van der Waals surface area contributed by atoms with Crippen LogP contribution in [-0.2, 0) is 11.3 Å². The van der Waals surface area contributed by atoms with Crippen LogP contribution in [0.4, 0.5) is 0 Å². The molecule has 0 aromatic carbocycles. The summed E-state index contributed by atoms with van der Waals surface area (Å²) < 4.78 is 8.30. The van der Waals surface area contributed by atoms with Crippen LogP contribution in [-0.4, -0.2) is 51.6 Å². The van der Waals surface area contributed by atoms with Crippen molar-refractivity contribution in [2.45, 2.75) is 32.7 Å². The summed E-state index contributed by atoms with van der Waals surface area (Å²) in [6.45, 7) is 4.50. The van der Waals surface area contributed by atoms with Crippen LogP contribution in [0.3, 0.4) is 0 Å². The average molecular weight is 409 g/mol. The van der Waals surface area contributed by atoms with Crippen LogP contribution in [0.1, 0.15) is 36.5 Å². The highest BCUT2D eigenvalue weighted by Gasteiger charge is 2.24. The lowest BCUT2D eigenvalue weighted by Gasteiger charge is -2.30. The molecule has 4 rings (SSSR count). The van der Waals surface area contributed by atoms with Crippen molar-refractivity contribution < 1.29 is 9.53 Å². The first kappa shape index (κ1) is 20.3. The second kappa shape index (κ2) is 8.39. The maximum absolute atomic E-state index is 13.3. The third kappa shape index (κ3) is 3.63. The number of amides is 1. The topological polar surface area (TPSA) is 92.7 Å². The molecule has 30 heavy (non-hydrogen) atoms. The van der Waals surface area contributed by atoms with E-state index in [0.717, 1.165) is 12.8 Å². The zero-order chi connectivity index (χ0) is 21.3. The number of piperidine rings is 1. The van der Waals surface area contributed by atoms with Crippen molar-refractivity contribution >= 4 is 22.6 Å². The number of nitrogens with one attached hydrogen (secondary N) is 1. The molecule has 0 radical (unpaired) electrons. The van der Waals surface area contributed by atoms with Crippen molar-refractivity contribution in [2.75, 3.05) is 26.8 Å². The molecule has 0 atom stereocenters. The number of fused-ring (bicyclic) bond motifs is 2. The first-order chi connectivity index (χ1) is 14.5. The third-order valence-corrected chi connectivity index (χ3v) is 5.85. The van der Waals surface area contributed by atoms with Crippen LogP contribution in [0, 0.1) is 11.3 Å².